The van der Waals surface area contributed by atoms with Gasteiger partial charge in [-0.25, -0.2) is 17.8 Å². The molecule has 2 N–H and O–H groups in total. The highest BCUT2D eigenvalue weighted by molar-refractivity contribution is 7.89. The third-order valence-electron chi connectivity index (χ3n) is 4.74. The van der Waals surface area contributed by atoms with Crippen molar-refractivity contribution >= 4 is 21.9 Å². The Kier molecular flexibility index (Phi) is 4.87. The lowest BCUT2D eigenvalue weighted by atomic mass is 9.72. The highest BCUT2D eigenvalue weighted by Crippen LogP contribution is 2.37. The summed E-state index contributed by atoms with van der Waals surface area (Å²) in [7, 11) is -3.26. The quantitative estimate of drug-likeness (QED) is 0.828. The van der Waals surface area contributed by atoms with Crippen molar-refractivity contribution in [1.29, 1.82) is 0 Å². The van der Waals surface area contributed by atoms with Crippen LogP contribution in [0, 0.1) is 0 Å². The molecule has 134 valence electrons. The molecule has 1 fully saturated rings. The minimum atomic E-state index is -3.26. The lowest BCUT2D eigenvalue weighted by Gasteiger charge is -2.40. The highest BCUT2D eigenvalue weighted by Gasteiger charge is 2.44. The molecule has 3 rings (SSSR count). The van der Waals surface area contributed by atoms with Crippen LogP contribution in [0.2, 0.25) is 0 Å². The maximum atomic E-state index is 13.0. The fourth-order valence-corrected chi connectivity index (χ4v) is 4.33. The van der Waals surface area contributed by atoms with Crippen LogP contribution in [0.25, 0.3) is 0 Å². The summed E-state index contributed by atoms with van der Waals surface area (Å²) >= 11 is 0. The van der Waals surface area contributed by atoms with Crippen LogP contribution in [0.5, 0.6) is 0 Å². The van der Waals surface area contributed by atoms with E-state index in [0.717, 1.165) is 5.56 Å². The maximum Gasteiger partial charge on any atom is 0.237 e. The van der Waals surface area contributed by atoms with Gasteiger partial charge < -0.3 is 0 Å². The minimum Gasteiger partial charge on any atom is -0.294 e. The second-order valence-corrected chi connectivity index (χ2v) is 8.29. The van der Waals surface area contributed by atoms with Crippen LogP contribution < -0.4 is 5.32 Å². The molecule has 1 aliphatic rings. The predicted octanol–water partition coefficient (Wildman–Crippen LogP) is 1.13. The molecule has 1 aromatic carbocycles. The van der Waals surface area contributed by atoms with E-state index < -0.39 is 15.4 Å². The van der Waals surface area contributed by atoms with Crippen LogP contribution in [0.4, 0.5) is 5.95 Å². The normalized spacial score (nSPS) is 18.0. The number of hydrogen-bond acceptors (Lipinski definition) is 5. The van der Waals surface area contributed by atoms with Gasteiger partial charge in [-0.15, -0.1) is 0 Å². The molecule has 9 heteroatoms. The number of amides is 1. The second kappa shape index (κ2) is 6.93. The van der Waals surface area contributed by atoms with E-state index in [1.165, 1.54) is 10.6 Å². The van der Waals surface area contributed by atoms with Gasteiger partial charge in [0.25, 0.3) is 0 Å². The van der Waals surface area contributed by atoms with Crippen LogP contribution in [-0.2, 0) is 20.2 Å². The highest BCUT2D eigenvalue weighted by atomic mass is 32.2. The van der Waals surface area contributed by atoms with Gasteiger partial charge in [-0.1, -0.05) is 30.3 Å². The van der Waals surface area contributed by atoms with Crippen molar-refractivity contribution in [2.24, 2.45) is 0 Å². The van der Waals surface area contributed by atoms with Crippen molar-refractivity contribution in [2.45, 2.75) is 25.2 Å². The van der Waals surface area contributed by atoms with E-state index in [1.54, 1.807) is 6.92 Å². The number of carbonyl (C=O) groups excluding carboxylic acids is 1. The molecule has 1 aliphatic heterocycles. The van der Waals surface area contributed by atoms with Crippen molar-refractivity contribution < 1.29 is 13.2 Å². The fourth-order valence-electron chi connectivity index (χ4n) is 3.23. The van der Waals surface area contributed by atoms with Crippen LogP contribution in [-0.4, -0.2) is 52.7 Å². The standard InChI is InChI=1S/C16H21N5O3S/c1-2-25(23,24)21-10-8-16(9-11-21,13-6-4-3-5-7-13)14(22)19-15-17-12-18-20-15/h3-7,12H,2,8-11H2,1H3,(H2,17,18,19,20,22). The topological polar surface area (TPSA) is 108 Å². The summed E-state index contributed by atoms with van der Waals surface area (Å²) in [5.74, 6) is 0.142. The summed E-state index contributed by atoms with van der Waals surface area (Å²) in [5, 5.41) is 9.11. The Hall–Kier alpha value is -2.26. The summed E-state index contributed by atoms with van der Waals surface area (Å²) in [6.45, 7) is 2.26. The second-order valence-electron chi connectivity index (χ2n) is 6.04. The predicted molar refractivity (Wildman–Crippen MR) is 93.4 cm³/mol. The molecule has 1 aromatic heterocycles. The number of benzene rings is 1. The van der Waals surface area contributed by atoms with Crippen molar-refractivity contribution in [3.05, 3.63) is 42.2 Å². The van der Waals surface area contributed by atoms with Gasteiger partial charge in [0, 0.05) is 13.1 Å². The molecule has 0 radical (unpaired) electrons. The van der Waals surface area contributed by atoms with E-state index in [4.69, 9.17) is 0 Å². The van der Waals surface area contributed by atoms with Gasteiger partial charge in [0.2, 0.25) is 21.9 Å². The number of carbonyl (C=O) groups is 1. The summed E-state index contributed by atoms with van der Waals surface area (Å²) in [6, 6.07) is 9.47. The zero-order valence-corrected chi connectivity index (χ0v) is 14.8. The molecular formula is C16H21N5O3S. The number of anilines is 1. The zero-order chi connectivity index (χ0) is 17.9. The van der Waals surface area contributed by atoms with Crippen LogP contribution >= 0.6 is 0 Å². The van der Waals surface area contributed by atoms with Crippen LogP contribution in [0.3, 0.4) is 0 Å². The Bertz CT molecular complexity index is 813. The average molecular weight is 363 g/mol. The Labute approximate surface area is 146 Å². The van der Waals surface area contributed by atoms with Crippen LogP contribution in [0.15, 0.2) is 36.7 Å². The zero-order valence-electron chi connectivity index (χ0n) is 14.0. The SMILES string of the molecule is CCS(=O)(=O)N1CCC(C(=O)Nc2ncn[nH]2)(c2ccccc2)CC1. The minimum absolute atomic E-state index is 0.0651. The molecule has 0 spiro atoms. The van der Waals surface area contributed by atoms with E-state index in [9.17, 15) is 13.2 Å². The largest absolute Gasteiger partial charge is 0.294 e. The monoisotopic (exact) mass is 363 g/mol. The summed E-state index contributed by atoms with van der Waals surface area (Å²) in [6.07, 6.45) is 2.15. The maximum absolute atomic E-state index is 13.0. The first-order chi connectivity index (χ1) is 12.0. The smallest absolute Gasteiger partial charge is 0.237 e. The van der Waals surface area contributed by atoms with Crippen molar-refractivity contribution in [2.75, 3.05) is 24.2 Å². The molecular weight excluding hydrogens is 342 g/mol. The lowest BCUT2D eigenvalue weighted by molar-refractivity contribution is -0.123. The number of nitrogens with one attached hydrogen (secondary N) is 2. The van der Waals surface area contributed by atoms with E-state index >= 15 is 0 Å². The molecule has 8 nitrogen and oxygen atoms in total. The Morgan fingerprint density at radius 1 is 1.28 bits per heavy atom. The molecule has 0 saturated carbocycles. The number of aromatic nitrogens is 3. The molecule has 0 unspecified atom stereocenters. The van der Waals surface area contributed by atoms with Crippen molar-refractivity contribution in [1.82, 2.24) is 19.5 Å². The molecule has 1 amide bonds. The van der Waals surface area contributed by atoms with Gasteiger partial charge in [0.1, 0.15) is 6.33 Å². The number of hydrogen-bond donors (Lipinski definition) is 2. The third kappa shape index (κ3) is 3.42. The first-order valence-corrected chi connectivity index (χ1v) is 9.79. The lowest BCUT2D eigenvalue weighted by Crippen LogP contribution is -2.51. The number of rotatable bonds is 5. The number of piperidine rings is 1. The van der Waals surface area contributed by atoms with Crippen molar-refractivity contribution in [3.63, 3.8) is 0 Å². The summed E-state index contributed by atoms with van der Waals surface area (Å²) in [4.78, 5) is 17.0. The number of nitrogens with zero attached hydrogens (tertiary/aromatic N) is 3. The molecule has 0 aliphatic carbocycles. The Morgan fingerprint density at radius 3 is 2.52 bits per heavy atom. The van der Waals surface area contributed by atoms with Gasteiger partial charge in [0.15, 0.2) is 0 Å². The molecule has 25 heavy (non-hydrogen) atoms. The Balaban J connectivity index is 1.89. The van der Waals surface area contributed by atoms with Gasteiger partial charge >= 0.3 is 0 Å². The first-order valence-electron chi connectivity index (χ1n) is 8.18. The molecule has 0 atom stereocenters. The molecule has 2 aromatic rings. The van der Waals surface area contributed by atoms with E-state index in [0.29, 0.717) is 25.9 Å². The van der Waals surface area contributed by atoms with Gasteiger partial charge in [0.05, 0.1) is 11.2 Å². The number of sulfonamides is 1. The van der Waals surface area contributed by atoms with Crippen LogP contribution in [0.1, 0.15) is 25.3 Å². The first kappa shape index (κ1) is 17.6. The van der Waals surface area contributed by atoms with Crippen molar-refractivity contribution in [3.8, 4) is 0 Å². The van der Waals surface area contributed by atoms with E-state index in [-0.39, 0.29) is 17.6 Å². The van der Waals surface area contributed by atoms with Gasteiger partial charge in [-0.2, -0.15) is 10.1 Å². The Morgan fingerprint density at radius 2 is 1.96 bits per heavy atom. The number of aromatic amines is 1. The summed E-state index contributed by atoms with van der Waals surface area (Å²) < 4.78 is 25.7. The van der Waals surface area contributed by atoms with E-state index in [1.807, 2.05) is 30.3 Å². The molecule has 0 bridgehead atoms. The van der Waals surface area contributed by atoms with Gasteiger partial charge in [-0.05, 0) is 25.3 Å². The molecule has 1 saturated heterocycles. The number of H-pyrrole nitrogens is 1. The van der Waals surface area contributed by atoms with E-state index in [2.05, 4.69) is 20.5 Å². The molecule has 2 heterocycles. The third-order valence-corrected chi connectivity index (χ3v) is 6.62. The fraction of sp³-hybridized carbons (Fsp3) is 0.438. The average Bonchev–Trinajstić information content (AvgIpc) is 3.15. The van der Waals surface area contributed by atoms with Gasteiger partial charge in [-0.3, -0.25) is 10.1 Å². The summed E-state index contributed by atoms with van der Waals surface area (Å²) in [5.41, 5.74) is 0.0777.